The molecule has 0 radical (unpaired) electrons. The number of nitrogen functional groups attached to an aromatic ring is 1. The predicted octanol–water partition coefficient (Wildman–Crippen LogP) is 1.04. The summed E-state index contributed by atoms with van der Waals surface area (Å²) in [7, 11) is 1.94. The fourth-order valence-corrected chi connectivity index (χ4v) is 2.67. The van der Waals surface area contributed by atoms with Gasteiger partial charge >= 0.3 is 0 Å². The number of aromatic nitrogens is 1. The Morgan fingerprint density at radius 3 is 3.16 bits per heavy atom. The topological polar surface area (TPSA) is 63.4 Å². The molecule has 0 spiro atoms. The van der Waals surface area contributed by atoms with Gasteiger partial charge < -0.3 is 15.8 Å². The minimum Gasteiger partial charge on any atom is -0.398 e. The second-order valence-electron chi connectivity index (χ2n) is 4.98. The Morgan fingerprint density at radius 2 is 2.47 bits per heavy atom. The maximum atomic E-state index is 6.05. The van der Waals surface area contributed by atoms with Crippen molar-refractivity contribution in [3.8, 4) is 0 Å². The molecule has 2 heterocycles. The standard InChI is InChI=1S/C14H24N4O/c1-3-6-18-7-8-19-13(10-18)14(16-2)11-9-17-5-4-12(11)15/h4-5,9,13-14,16H,3,6-8,10H2,1-2H3,(H2,15,17). The Hall–Kier alpha value is -1.17. The van der Waals surface area contributed by atoms with Crippen molar-refractivity contribution in [2.45, 2.75) is 25.5 Å². The monoisotopic (exact) mass is 264 g/mol. The van der Waals surface area contributed by atoms with E-state index >= 15 is 0 Å². The van der Waals surface area contributed by atoms with E-state index in [2.05, 4.69) is 22.1 Å². The Morgan fingerprint density at radius 1 is 1.63 bits per heavy atom. The normalized spacial score (nSPS) is 22.3. The maximum absolute atomic E-state index is 6.05. The summed E-state index contributed by atoms with van der Waals surface area (Å²) < 4.78 is 5.93. The summed E-state index contributed by atoms with van der Waals surface area (Å²) in [4.78, 5) is 6.62. The Labute approximate surface area is 115 Å². The van der Waals surface area contributed by atoms with Crippen LogP contribution >= 0.6 is 0 Å². The van der Waals surface area contributed by atoms with Crippen LogP contribution in [0.25, 0.3) is 0 Å². The Kier molecular flexibility index (Phi) is 5.13. The molecule has 2 rings (SSSR count). The van der Waals surface area contributed by atoms with Gasteiger partial charge in [0.2, 0.25) is 0 Å². The summed E-state index contributed by atoms with van der Waals surface area (Å²) in [6.07, 6.45) is 4.85. The zero-order valence-corrected chi connectivity index (χ0v) is 11.8. The van der Waals surface area contributed by atoms with Gasteiger partial charge in [-0.2, -0.15) is 0 Å². The molecule has 19 heavy (non-hydrogen) atoms. The molecule has 0 aromatic carbocycles. The predicted molar refractivity (Wildman–Crippen MR) is 76.9 cm³/mol. The first-order chi connectivity index (χ1) is 9.26. The van der Waals surface area contributed by atoms with Gasteiger partial charge in [0.1, 0.15) is 0 Å². The third-order valence-electron chi connectivity index (χ3n) is 3.62. The summed E-state index contributed by atoms with van der Waals surface area (Å²) in [5.41, 5.74) is 7.84. The fourth-order valence-electron chi connectivity index (χ4n) is 2.67. The number of hydrogen-bond acceptors (Lipinski definition) is 5. The molecule has 2 unspecified atom stereocenters. The van der Waals surface area contributed by atoms with Crippen LogP contribution in [-0.4, -0.2) is 49.3 Å². The third kappa shape index (κ3) is 3.43. The minimum atomic E-state index is 0.0911. The maximum Gasteiger partial charge on any atom is 0.0898 e. The average Bonchev–Trinajstić information content (AvgIpc) is 2.43. The highest BCUT2D eigenvalue weighted by atomic mass is 16.5. The largest absolute Gasteiger partial charge is 0.398 e. The molecule has 1 saturated heterocycles. The van der Waals surface area contributed by atoms with Crippen molar-refractivity contribution in [2.24, 2.45) is 0 Å². The van der Waals surface area contributed by atoms with Crippen LogP contribution in [0.5, 0.6) is 0 Å². The molecule has 2 atom stereocenters. The Bertz CT molecular complexity index is 397. The van der Waals surface area contributed by atoms with E-state index in [1.54, 1.807) is 6.20 Å². The molecular weight excluding hydrogens is 240 g/mol. The van der Waals surface area contributed by atoms with Gasteiger partial charge in [-0.3, -0.25) is 9.88 Å². The summed E-state index contributed by atoms with van der Waals surface area (Å²) in [6, 6.07) is 1.93. The molecule has 0 bridgehead atoms. The van der Waals surface area contributed by atoms with Crippen LogP contribution in [-0.2, 0) is 4.74 Å². The first-order valence-electron chi connectivity index (χ1n) is 6.96. The van der Waals surface area contributed by atoms with Crippen LogP contribution in [0.3, 0.4) is 0 Å². The van der Waals surface area contributed by atoms with E-state index in [1.807, 2.05) is 19.3 Å². The van der Waals surface area contributed by atoms with E-state index in [4.69, 9.17) is 10.5 Å². The molecular formula is C14H24N4O. The zero-order chi connectivity index (χ0) is 13.7. The molecule has 1 aromatic heterocycles. The van der Waals surface area contributed by atoms with Gasteiger partial charge in [0, 0.05) is 36.7 Å². The molecule has 106 valence electrons. The van der Waals surface area contributed by atoms with Gasteiger partial charge in [-0.1, -0.05) is 6.92 Å². The minimum absolute atomic E-state index is 0.0911. The molecule has 5 nitrogen and oxygen atoms in total. The van der Waals surface area contributed by atoms with E-state index in [0.717, 1.165) is 37.5 Å². The summed E-state index contributed by atoms with van der Waals surface area (Å²) >= 11 is 0. The van der Waals surface area contributed by atoms with Crippen molar-refractivity contribution in [2.75, 3.05) is 39.0 Å². The second kappa shape index (κ2) is 6.84. The first-order valence-corrected chi connectivity index (χ1v) is 6.96. The molecule has 5 heteroatoms. The Balaban J connectivity index is 2.11. The van der Waals surface area contributed by atoms with Gasteiger partial charge in [0.15, 0.2) is 0 Å². The van der Waals surface area contributed by atoms with E-state index in [-0.39, 0.29) is 12.1 Å². The quantitative estimate of drug-likeness (QED) is 0.832. The highest BCUT2D eigenvalue weighted by Gasteiger charge is 2.29. The molecule has 0 saturated carbocycles. The van der Waals surface area contributed by atoms with Gasteiger partial charge in [-0.15, -0.1) is 0 Å². The molecule has 1 aromatic rings. The van der Waals surface area contributed by atoms with Crippen molar-refractivity contribution in [1.29, 1.82) is 0 Å². The van der Waals surface area contributed by atoms with Gasteiger partial charge in [-0.25, -0.2) is 0 Å². The van der Waals surface area contributed by atoms with Crippen molar-refractivity contribution in [3.63, 3.8) is 0 Å². The van der Waals surface area contributed by atoms with Crippen molar-refractivity contribution < 1.29 is 4.74 Å². The molecule has 1 fully saturated rings. The number of likely N-dealkylation sites (N-methyl/N-ethyl adjacent to an activating group) is 1. The number of anilines is 1. The summed E-state index contributed by atoms with van der Waals surface area (Å²) in [6.45, 7) is 6.07. The summed E-state index contributed by atoms with van der Waals surface area (Å²) in [5.74, 6) is 0. The summed E-state index contributed by atoms with van der Waals surface area (Å²) in [5, 5.41) is 3.32. The van der Waals surface area contributed by atoms with Crippen LogP contribution in [0.1, 0.15) is 24.9 Å². The lowest BCUT2D eigenvalue weighted by Crippen LogP contribution is -2.48. The van der Waals surface area contributed by atoms with Crippen LogP contribution in [0.2, 0.25) is 0 Å². The number of ether oxygens (including phenoxy) is 1. The van der Waals surface area contributed by atoms with Crippen molar-refractivity contribution in [3.05, 3.63) is 24.0 Å². The number of morpholine rings is 1. The number of nitrogens with zero attached hydrogens (tertiary/aromatic N) is 2. The van der Waals surface area contributed by atoms with Crippen molar-refractivity contribution >= 4 is 5.69 Å². The average molecular weight is 264 g/mol. The highest BCUT2D eigenvalue weighted by Crippen LogP contribution is 2.25. The van der Waals surface area contributed by atoms with E-state index in [9.17, 15) is 0 Å². The lowest BCUT2D eigenvalue weighted by atomic mass is 10.00. The number of pyridine rings is 1. The second-order valence-corrected chi connectivity index (χ2v) is 4.98. The molecule has 0 aliphatic carbocycles. The SMILES string of the molecule is CCCN1CCOC(C(NC)c2cnccc2N)C1. The number of nitrogens with two attached hydrogens (primary N) is 1. The highest BCUT2D eigenvalue weighted by molar-refractivity contribution is 5.46. The molecule has 1 aliphatic rings. The van der Waals surface area contributed by atoms with Gasteiger partial charge in [0.05, 0.1) is 18.8 Å². The zero-order valence-electron chi connectivity index (χ0n) is 11.8. The molecule has 0 amide bonds. The van der Waals surface area contributed by atoms with E-state index < -0.39 is 0 Å². The number of nitrogens with one attached hydrogen (secondary N) is 1. The third-order valence-corrected chi connectivity index (χ3v) is 3.62. The van der Waals surface area contributed by atoms with Crippen LogP contribution in [0, 0.1) is 0 Å². The number of hydrogen-bond donors (Lipinski definition) is 2. The lowest BCUT2D eigenvalue weighted by Gasteiger charge is -2.37. The molecule has 3 N–H and O–H groups in total. The van der Waals surface area contributed by atoms with Gasteiger partial charge in [0.25, 0.3) is 0 Å². The van der Waals surface area contributed by atoms with Crippen LogP contribution in [0.15, 0.2) is 18.5 Å². The van der Waals surface area contributed by atoms with Crippen LogP contribution < -0.4 is 11.1 Å². The smallest absolute Gasteiger partial charge is 0.0898 e. The lowest BCUT2D eigenvalue weighted by molar-refractivity contribution is -0.0458. The van der Waals surface area contributed by atoms with E-state index in [1.165, 1.54) is 6.42 Å². The number of rotatable bonds is 5. The fraction of sp³-hybridized carbons (Fsp3) is 0.643. The van der Waals surface area contributed by atoms with Crippen LogP contribution in [0.4, 0.5) is 5.69 Å². The van der Waals surface area contributed by atoms with Crippen molar-refractivity contribution in [1.82, 2.24) is 15.2 Å². The van der Waals surface area contributed by atoms with E-state index in [0.29, 0.717) is 0 Å². The molecule has 1 aliphatic heterocycles. The van der Waals surface area contributed by atoms with Gasteiger partial charge in [-0.05, 0) is 26.1 Å². The first kappa shape index (κ1) is 14.2.